The summed E-state index contributed by atoms with van der Waals surface area (Å²) in [5.74, 6) is 0. The minimum atomic E-state index is 1.28. The van der Waals surface area contributed by atoms with Crippen LogP contribution in [0, 0.1) is 6.45 Å². The minimum absolute atomic E-state index is 1.28. The Hall–Kier alpha value is 0.0800. The van der Waals surface area contributed by atoms with Crippen LogP contribution in [0.15, 0.2) is 48.5 Å². The molecule has 0 amide bonds. The highest BCUT2D eigenvalue weighted by molar-refractivity contribution is 14.1. The Morgan fingerprint density at radius 1 is 0.611 bits per heavy atom. The molecule has 0 unspecified atom stereocenters. The average molecular weight is 494 g/mol. The van der Waals surface area contributed by atoms with Gasteiger partial charge in [0.15, 0.2) is 0 Å². The van der Waals surface area contributed by atoms with Gasteiger partial charge in [0.05, 0.1) is 2.88 Å². The van der Waals surface area contributed by atoms with Gasteiger partial charge in [0.25, 0.3) is 0 Å². The van der Waals surface area contributed by atoms with Gasteiger partial charge in [-0.15, -0.1) is 22.7 Å². The molecule has 1 aromatic carbocycles. The fourth-order valence-corrected chi connectivity index (χ4v) is 4.77. The monoisotopic (exact) mass is 494 g/mol. The Kier molecular flexibility index (Phi) is 4.07. The molecule has 0 bridgehead atoms. The standard InChI is InChI=1S/C14H8I2S2/c15-10-3-1-9(2-4-10)11-5-6-12(17-11)13-7-8-14(16)18-13/h1-8H. The summed E-state index contributed by atoms with van der Waals surface area (Å²) < 4.78 is 2.62. The number of hydrogen-bond acceptors (Lipinski definition) is 2. The van der Waals surface area contributed by atoms with Gasteiger partial charge >= 0.3 is 0 Å². The van der Waals surface area contributed by atoms with Crippen LogP contribution in [0.1, 0.15) is 0 Å². The first-order chi connectivity index (χ1) is 8.72. The number of thiophene rings is 2. The third kappa shape index (κ3) is 2.81. The lowest BCUT2D eigenvalue weighted by atomic mass is 10.2. The SMILES string of the molecule is Ic1ccc(-c2ccc(-c3ccc(I)s3)s2)cc1. The van der Waals surface area contributed by atoms with Crippen LogP contribution in [0.25, 0.3) is 20.2 Å². The van der Waals surface area contributed by atoms with Crippen molar-refractivity contribution >= 4 is 67.9 Å². The zero-order valence-corrected chi connectivity index (χ0v) is 15.1. The molecule has 0 atom stereocenters. The van der Waals surface area contributed by atoms with E-state index in [9.17, 15) is 0 Å². The molecule has 3 rings (SSSR count). The Balaban J connectivity index is 1.96. The van der Waals surface area contributed by atoms with Gasteiger partial charge in [-0.1, -0.05) is 12.1 Å². The first-order valence-electron chi connectivity index (χ1n) is 5.34. The quantitative estimate of drug-likeness (QED) is 0.365. The lowest BCUT2D eigenvalue weighted by Crippen LogP contribution is -1.72. The molecule has 0 aliphatic carbocycles. The van der Waals surface area contributed by atoms with Crippen molar-refractivity contribution < 1.29 is 0 Å². The molecule has 0 spiro atoms. The topological polar surface area (TPSA) is 0 Å². The molecule has 0 aliphatic rings. The fourth-order valence-electron chi connectivity index (χ4n) is 1.69. The molecule has 18 heavy (non-hydrogen) atoms. The Morgan fingerprint density at radius 3 is 1.89 bits per heavy atom. The Bertz CT molecular complexity index is 665. The molecule has 2 heterocycles. The minimum Gasteiger partial charge on any atom is -0.134 e. The first kappa shape index (κ1) is 13.1. The van der Waals surface area contributed by atoms with Crippen LogP contribution < -0.4 is 0 Å². The zero-order valence-electron chi connectivity index (χ0n) is 9.19. The first-order valence-corrected chi connectivity index (χ1v) is 9.13. The van der Waals surface area contributed by atoms with E-state index in [4.69, 9.17) is 0 Å². The normalized spacial score (nSPS) is 10.8. The van der Waals surface area contributed by atoms with E-state index in [1.165, 1.54) is 26.6 Å². The number of hydrogen-bond donors (Lipinski definition) is 0. The van der Waals surface area contributed by atoms with Gasteiger partial charge in [0, 0.05) is 18.2 Å². The molecule has 3 aromatic rings. The van der Waals surface area contributed by atoms with E-state index in [0.717, 1.165) is 0 Å². The molecule has 0 nitrogen and oxygen atoms in total. The number of halogens is 2. The molecule has 0 saturated carbocycles. The van der Waals surface area contributed by atoms with Crippen molar-refractivity contribution in [2.24, 2.45) is 0 Å². The Morgan fingerprint density at radius 2 is 1.22 bits per heavy atom. The van der Waals surface area contributed by atoms with Gasteiger partial charge < -0.3 is 0 Å². The lowest BCUT2D eigenvalue weighted by Gasteiger charge is -1.96. The predicted molar refractivity (Wildman–Crippen MR) is 98.5 cm³/mol. The maximum atomic E-state index is 2.37. The summed E-state index contributed by atoms with van der Waals surface area (Å²) in [5, 5.41) is 0. The maximum absolute atomic E-state index is 2.37. The molecule has 0 N–H and O–H groups in total. The number of benzene rings is 1. The lowest BCUT2D eigenvalue weighted by molar-refractivity contribution is 1.64. The van der Waals surface area contributed by atoms with Gasteiger partial charge in [0.1, 0.15) is 0 Å². The largest absolute Gasteiger partial charge is 0.134 e. The third-order valence-corrected chi connectivity index (χ3v) is 6.49. The molecule has 2 aromatic heterocycles. The molecular weight excluding hydrogens is 486 g/mol. The van der Waals surface area contributed by atoms with Crippen molar-refractivity contribution in [1.29, 1.82) is 0 Å². The van der Waals surface area contributed by atoms with E-state index in [1.54, 1.807) is 0 Å². The second-order valence-electron chi connectivity index (χ2n) is 3.77. The highest BCUT2D eigenvalue weighted by Crippen LogP contribution is 2.37. The molecule has 90 valence electrons. The van der Waals surface area contributed by atoms with E-state index in [0.29, 0.717) is 0 Å². The fraction of sp³-hybridized carbons (Fsp3) is 0. The van der Waals surface area contributed by atoms with E-state index in [2.05, 4.69) is 93.7 Å². The second kappa shape index (κ2) is 5.60. The molecule has 0 saturated heterocycles. The van der Waals surface area contributed by atoms with Crippen molar-refractivity contribution in [2.75, 3.05) is 0 Å². The van der Waals surface area contributed by atoms with Crippen molar-refractivity contribution in [3.05, 3.63) is 55.0 Å². The van der Waals surface area contributed by atoms with Crippen LogP contribution in [0.5, 0.6) is 0 Å². The third-order valence-electron chi connectivity index (χ3n) is 2.55. The maximum Gasteiger partial charge on any atom is 0.0660 e. The van der Waals surface area contributed by atoms with Crippen LogP contribution in [0.2, 0.25) is 0 Å². The Labute approximate surface area is 141 Å². The van der Waals surface area contributed by atoms with Crippen molar-refractivity contribution in [3.8, 4) is 20.2 Å². The molecule has 4 heteroatoms. The highest BCUT2D eigenvalue weighted by atomic mass is 127. The molecule has 0 aliphatic heterocycles. The zero-order chi connectivity index (χ0) is 12.5. The van der Waals surface area contributed by atoms with Crippen molar-refractivity contribution in [1.82, 2.24) is 0 Å². The van der Waals surface area contributed by atoms with Crippen molar-refractivity contribution in [3.63, 3.8) is 0 Å². The van der Waals surface area contributed by atoms with E-state index in [1.807, 2.05) is 22.7 Å². The summed E-state index contributed by atoms with van der Waals surface area (Å²) in [5.41, 5.74) is 1.30. The molecule has 0 radical (unpaired) electrons. The van der Waals surface area contributed by atoms with Crippen LogP contribution in [0.4, 0.5) is 0 Å². The van der Waals surface area contributed by atoms with Gasteiger partial charge in [-0.25, -0.2) is 0 Å². The summed E-state index contributed by atoms with van der Waals surface area (Å²) >= 11 is 8.42. The van der Waals surface area contributed by atoms with E-state index >= 15 is 0 Å². The van der Waals surface area contributed by atoms with Crippen LogP contribution in [-0.2, 0) is 0 Å². The summed E-state index contributed by atoms with van der Waals surface area (Å²) in [6.07, 6.45) is 0. The van der Waals surface area contributed by atoms with Gasteiger partial charge in [-0.05, 0) is 87.1 Å². The van der Waals surface area contributed by atoms with Gasteiger partial charge in [0.2, 0.25) is 0 Å². The second-order valence-corrected chi connectivity index (χ2v) is 9.08. The smallest absolute Gasteiger partial charge is 0.0660 e. The van der Waals surface area contributed by atoms with E-state index < -0.39 is 0 Å². The summed E-state index contributed by atoms with van der Waals surface area (Å²) in [7, 11) is 0. The van der Waals surface area contributed by atoms with Gasteiger partial charge in [-0.3, -0.25) is 0 Å². The van der Waals surface area contributed by atoms with Crippen LogP contribution in [-0.4, -0.2) is 0 Å². The molecular formula is C14H8I2S2. The highest BCUT2D eigenvalue weighted by Gasteiger charge is 2.06. The summed E-state index contributed by atoms with van der Waals surface area (Å²) in [6, 6.07) is 17.5. The van der Waals surface area contributed by atoms with Crippen LogP contribution >= 0.6 is 67.9 Å². The predicted octanol–water partition coefficient (Wildman–Crippen LogP) is 6.35. The van der Waals surface area contributed by atoms with Crippen molar-refractivity contribution in [2.45, 2.75) is 0 Å². The van der Waals surface area contributed by atoms with E-state index in [-0.39, 0.29) is 0 Å². The summed E-state index contributed by atoms with van der Waals surface area (Å²) in [6.45, 7) is 0. The van der Waals surface area contributed by atoms with Crippen LogP contribution in [0.3, 0.4) is 0 Å². The van der Waals surface area contributed by atoms with Gasteiger partial charge in [-0.2, -0.15) is 0 Å². The summed E-state index contributed by atoms with van der Waals surface area (Å²) in [4.78, 5) is 4.06. The number of rotatable bonds is 2. The average Bonchev–Trinajstić information content (AvgIpc) is 2.98. The molecule has 0 fully saturated rings.